The van der Waals surface area contributed by atoms with E-state index in [-0.39, 0.29) is 17.7 Å². The summed E-state index contributed by atoms with van der Waals surface area (Å²) < 4.78 is 37.8. The molecule has 0 bridgehead atoms. The lowest BCUT2D eigenvalue weighted by Gasteiger charge is -2.11. The van der Waals surface area contributed by atoms with Crippen molar-refractivity contribution >= 4 is 23.1 Å². The third-order valence-electron chi connectivity index (χ3n) is 1.84. The van der Waals surface area contributed by atoms with E-state index in [0.717, 1.165) is 6.07 Å². The molecule has 0 aromatic heterocycles. The van der Waals surface area contributed by atoms with E-state index in [1.807, 2.05) is 5.16 Å². The van der Waals surface area contributed by atoms with Gasteiger partial charge in [0.25, 0.3) is 0 Å². The lowest BCUT2D eigenvalue weighted by Crippen LogP contribution is -2.08. The van der Waals surface area contributed by atoms with Crippen molar-refractivity contribution in [2.45, 2.75) is 12.6 Å². The van der Waals surface area contributed by atoms with Gasteiger partial charge < -0.3 is 0 Å². The molecule has 0 N–H and O–H groups in total. The number of rotatable bonds is 2. The normalized spacial score (nSPS) is 10.4. The largest absolute Gasteiger partial charge is 0.416 e. The van der Waals surface area contributed by atoms with E-state index in [4.69, 9.17) is 5.26 Å². The molecule has 0 fully saturated rings. The third-order valence-corrected chi connectivity index (χ3v) is 1.93. The third kappa shape index (κ3) is 2.89. The maximum atomic E-state index is 12.6. The van der Waals surface area contributed by atoms with Crippen LogP contribution in [-0.4, -0.2) is 5.16 Å². The number of alkyl halides is 3. The van der Waals surface area contributed by atoms with Crippen molar-refractivity contribution in [1.29, 1.82) is 5.26 Å². The Kier molecular flexibility index (Phi) is 3.78. The molecule has 0 saturated carbocycles. The minimum atomic E-state index is -4.50. The fraction of sp³-hybridized carbons (Fsp3) is 0.200. The number of nitriles is 1. The molecular weight excluding hydrogens is 237 g/mol. The molecule has 0 atom stereocenters. The Morgan fingerprint density at radius 1 is 1.38 bits per heavy atom. The van der Waals surface area contributed by atoms with Gasteiger partial charge in [-0.3, -0.25) is 0 Å². The van der Waals surface area contributed by atoms with Crippen LogP contribution in [0.1, 0.15) is 11.1 Å². The number of halogens is 3. The van der Waals surface area contributed by atoms with Crippen molar-refractivity contribution in [3.8, 4) is 6.07 Å². The van der Waals surface area contributed by atoms with E-state index in [1.165, 1.54) is 12.1 Å². The molecule has 82 valence electrons. The van der Waals surface area contributed by atoms with E-state index in [0.29, 0.717) is 0 Å². The van der Waals surface area contributed by atoms with Gasteiger partial charge >= 0.3 is 6.18 Å². The number of isothiocyanates is 1. The number of hydrogen-bond acceptors (Lipinski definition) is 3. The van der Waals surface area contributed by atoms with Crippen LogP contribution in [0.5, 0.6) is 0 Å². The summed E-state index contributed by atoms with van der Waals surface area (Å²) in [5.74, 6) is 0. The molecule has 0 radical (unpaired) electrons. The Hall–Kier alpha value is -1.70. The molecule has 0 aliphatic rings. The van der Waals surface area contributed by atoms with E-state index < -0.39 is 11.7 Å². The minimum Gasteiger partial charge on any atom is -0.198 e. The minimum absolute atomic E-state index is 0.0710. The Morgan fingerprint density at radius 3 is 2.56 bits per heavy atom. The summed E-state index contributed by atoms with van der Waals surface area (Å²) in [6.07, 6.45) is -4.80. The van der Waals surface area contributed by atoms with Gasteiger partial charge in [-0.2, -0.15) is 23.4 Å². The Bertz CT molecular complexity index is 482. The maximum Gasteiger partial charge on any atom is 0.416 e. The van der Waals surface area contributed by atoms with Gasteiger partial charge in [-0.25, -0.2) is 0 Å². The fourth-order valence-electron chi connectivity index (χ4n) is 1.19. The fourth-order valence-corrected chi connectivity index (χ4v) is 1.30. The zero-order valence-electron chi connectivity index (χ0n) is 7.88. The van der Waals surface area contributed by atoms with E-state index in [9.17, 15) is 13.2 Å². The highest BCUT2D eigenvalue weighted by atomic mass is 32.1. The summed E-state index contributed by atoms with van der Waals surface area (Å²) >= 11 is 4.30. The molecule has 1 aromatic rings. The standard InChI is InChI=1S/C10H5F3N2S/c11-10(12,13)9-5-8(15-6-16)2-1-7(9)3-4-14/h1-2,5H,3H2. The predicted octanol–water partition coefficient (Wildman–Crippen LogP) is 3.51. The van der Waals surface area contributed by atoms with Crippen LogP contribution < -0.4 is 0 Å². The summed E-state index contributed by atoms with van der Waals surface area (Å²) in [4.78, 5) is 3.46. The molecule has 16 heavy (non-hydrogen) atoms. The van der Waals surface area contributed by atoms with Crippen LogP contribution >= 0.6 is 12.2 Å². The van der Waals surface area contributed by atoms with Gasteiger partial charge in [0, 0.05) is 0 Å². The molecule has 0 heterocycles. The van der Waals surface area contributed by atoms with Gasteiger partial charge in [0.15, 0.2) is 0 Å². The molecule has 0 aliphatic heterocycles. The second-order valence-corrected chi connectivity index (χ2v) is 3.06. The first-order valence-electron chi connectivity index (χ1n) is 4.14. The predicted molar refractivity (Wildman–Crippen MR) is 55.4 cm³/mol. The van der Waals surface area contributed by atoms with Crippen LogP contribution in [0.25, 0.3) is 0 Å². The molecule has 1 rings (SSSR count). The summed E-state index contributed by atoms with van der Waals surface area (Å²) in [7, 11) is 0. The van der Waals surface area contributed by atoms with Crippen LogP contribution in [0.4, 0.5) is 18.9 Å². The number of hydrogen-bond donors (Lipinski definition) is 0. The molecule has 0 saturated heterocycles. The summed E-state index contributed by atoms with van der Waals surface area (Å²) in [6.45, 7) is 0. The van der Waals surface area contributed by atoms with Crippen molar-refractivity contribution in [2.75, 3.05) is 0 Å². The highest BCUT2D eigenvalue weighted by Crippen LogP contribution is 2.34. The summed E-state index contributed by atoms with van der Waals surface area (Å²) in [5.41, 5.74) is -0.858. The van der Waals surface area contributed by atoms with Crippen molar-refractivity contribution in [3.05, 3.63) is 29.3 Å². The van der Waals surface area contributed by atoms with Gasteiger partial charge in [-0.1, -0.05) is 6.07 Å². The Morgan fingerprint density at radius 2 is 2.06 bits per heavy atom. The molecule has 2 nitrogen and oxygen atoms in total. The number of nitrogens with zero attached hydrogens (tertiary/aromatic N) is 2. The average Bonchev–Trinajstić information content (AvgIpc) is 2.19. The van der Waals surface area contributed by atoms with Gasteiger partial charge in [0.1, 0.15) is 0 Å². The van der Waals surface area contributed by atoms with Gasteiger partial charge in [-0.05, 0) is 29.9 Å². The van der Waals surface area contributed by atoms with E-state index in [1.54, 1.807) is 6.07 Å². The SMILES string of the molecule is N#CCc1ccc(N=C=S)cc1C(F)(F)F. The quantitative estimate of drug-likeness (QED) is 0.587. The lowest BCUT2D eigenvalue weighted by molar-refractivity contribution is -0.138. The molecule has 6 heteroatoms. The Balaban J connectivity index is 3.33. The van der Waals surface area contributed by atoms with Crippen molar-refractivity contribution in [1.82, 2.24) is 0 Å². The first-order valence-corrected chi connectivity index (χ1v) is 4.55. The molecule has 0 aliphatic carbocycles. The molecule has 0 unspecified atom stereocenters. The summed E-state index contributed by atoms with van der Waals surface area (Å²) in [5, 5.41) is 10.4. The van der Waals surface area contributed by atoms with Crippen LogP contribution in [-0.2, 0) is 12.6 Å². The van der Waals surface area contributed by atoms with Crippen LogP contribution in [0, 0.1) is 11.3 Å². The first kappa shape index (κ1) is 12.4. The zero-order valence-corrected chi connectivity index (χ0v) is 8.69. The van der Waals surface area contributed by atoms with Crippen molar-refractivity contribution < 1.29 is 13.2 Å². The average molecular weight is 242 g/mol. The lowest BCUT2D eigenvalue weighted by atomic mass is 10.0. The topological polar surface area (TPSA) is 36.1 Å². The van der Waals surface area contributed by atoms with E-state index in [2.05, 4.69) is 17.2 Å². The monoisotopic (exact) mass is 242 g/mol. The van der Waals surface area contributed by atoms with Crippen LogP contribution in [0.2, 0.25) is 0 Å². The van der Waals surface area contributed by atoms with Crippen LogP contribution in [0.3, 0.4) is 0 Å². The highest BCUT2D eigenvalue weighted by molar-refractivity contribution is 7.78. The van der Waals surface area contributed by atoms with Gasteiger partial charge in [0.2, 0.25) is 0 Å². The second-order valence-electron chi connectivity index (χ2n) is 2.88. The van der Waals surface area contributed by atoms with Crippen molar-refractivity contribution in [3.63, 3.8) is 0 Å². The van der Waals surface area contributed by atoms with Crippen LogP contribution in [0.15, 0.2) is 23.2 Å². The second kappa shape index (κ2) is 4.88. The molecule has 0 spiro atoms. The first-order chi connectivity index (χ1) is 7.49. The van der Waals surface area contributed by atoms with E-state index >= 15 is 0 Å². The highest BCUT2D eigenvalue weighted by Gasteiger charge is 2.33. The molecule has 0 amide bonds. The van der Waals surface area contributed by atoms with Crippen molar-refractivity contribution in [2.24, 2.45) is 4.99 Å². The number of aliphatic imine (C=N–C) groups is 1. The number of benzene rings is 1. The summed E-state index contributed by atoms with van der Waals surface area (Å²) in [6, 6.07) is 5.12. The maximum absolute atomic E-state index is 12.6. The number of thiocarbonyl (C=S) groups is 1. The Labute approximate surface area is 95.0 Å². The molecule has 1 aromatic carbocycles. The van der Waals surface area contributed by atoms with Gasteiger partial charge in [-0.15, -0.1) is 0 Å². The zero-order chi connectivity index (χ0) is 12.2. The smallest absolute Gasteiger partial charge is 0.198 e. The molecular formula is C10H5F3N2S. The van der Waals surface area contributed by atoms with Gasteiger partial charge in [0.05, 0.1) is 28.9 Å².